The molecule has 6 nitrogen and oxygen atoms in total. The third-order valence-electron chi connectivity index (χ3n) is 5.33. The van der Waals surface area contributed by atoms with Crippen LogP contribution in [0.1, 0.15) is 39.0 Å². The first-order valence-corrected chi connectivity index (χ1v) is 12.0. The number of anilines is 1. The number of rotatable bonds is 7. The van der Waals surface area contributed by atoms with Gasteiger partial charge in [-0.2, -0.15) is 4.98 Å². The maximum Gasteiger partial charge on any atom is 0.234 e. The Kier molecular flexibility index (Phi) is 6.27. The summed E-state index contributed by atoms with van der Waals surface area (Å²) in [6.45, 7) is 2.45. The summed E-state index contributed by atoms with van der Waals surface area (Å²) in [5.41, 5.74) is 0.635. The molecule has 1 aliphatic carbocycles. The van der Waals surface area contributed by atoms with E-state index in [0.717, 1.165) is 37.8 Å². The number of hydrogen-bond acceptors (Lipinski definition) is 6. The van der Waals surface area contributed by atoms with Crippen molar-refractivity contribution in [3.63, 3.8) is 0 Å². The van der Waals surface area contributed by atoms with Gasteiger partial charge in [0, 0.05) is 11.6 Å². The second-order valence-corrected chi connectivity index (χ2v) is 9.41. The number of nitrogens with one attached hydrogen (secondary N) is 1. The van der Waals surface area contributed by atoms with E-state index in [0.29, 0.717) is 17.9 Å². The van der Waals surface area contributed by atoms with Crippen molar-refractivity contribution in [1.82, 2.24) is 4.98 Å². The van der Waals surface area contributed by atoms with E-state index in [4.69, 9.17) is 9.15 Å². The van der Waals surface area contributed by atoms with E-state index in [2.05, 4.69) is 10.3 Å². The Hall–Kier alpha value is -2.87. The van der Waals surface area contributed by atoms with Crippen LogP contribution in [0.15, 0.2) is 62.9 Å². The summed E-state index contributed by atoms with van der Waals surface area (Å²) in [5, 5.41) is 3.06. The third kappa shape index (κ3) is 4.74. The third-order valence-corrected chi connectivity index (χ3v) is 7.01. The largest absolute Gasteiger partial charge is 0.494 e. The summed E-state index contributed by atoms with van der Waals surface area (Å²) < 4.78 is 51.3. The van der Waals surface area contributed by atoms with E-state index >= 15 is 0 Å². The van der Waals surface area contributed by atoms with Crippen molar-refractivity contribution in [2.24, 2.45) is 0 Å². The molecule has 0 bridgehead atoms. The van der Waals surface area contributed by atoms with Crippen molar-refractivity contribution in [1.29, 1.82) is 0 Å². The lowest BCUT2D eigenvalue weighted by Gasteiger charge is -2.22. The van der Waals surface area contributed by atoms with Crippen molar-refractivity contribution in [3.05, 3.63) is 54.3 Å². The highest BCUT2D eigenvalue weighted by Crippen LogP contribution is 2.34. The van der Waals surface area contributed by atoms with Crippen LogP contribution in [-0.4, -0.2) is 26.1 Å². The van der Waals surface area contributed by atoms with Gasteiger partial charge in [-0.15, -0.1) is 0 Å². The lowest BCUT2D eigenvalue weighted by atomic mass is 9.96. The molecule has 0 aliphatic heterocycles. The van der Waals surface area contributed by atoms with Gasteiger partial charge in [0.1, 0.15) is 11.6 Å². The van der Waals surface area contributed by atoms with Crippen molar-refractivity contribution in [3.8, 4) is 17.2 Å². The molecule has 1 aliphatic rings. The Balaban J connectivity index is 1.73. The van der Waals surface area contributed by atoms with Crippen LogP contribution in [0.3, 0.4) is 0 Å². The molecule has 1 saturated carbocycles. The van der Waals surface area contributed by atoms with E-state index in [1.54, 1.807) is 24.3 Å². The molecule has 8 heteroatoms. The van der Waals surface area contributed by atoms with Gasteiger partial charge < -0.3 is 14.5 Å². The van der Waals surface area contributed by atoms with Gasteiger partial charge in [-0.25, -0.2) is 12.8 Å². The fourth-order valence-corrected chi connectivity index (χ4v) is 4.99. The molecule has 1 fully saturated rings. The highest BCUT2D eigenvalue weighted by molar-refractivity contribution is 7.91. The van der Waals surface area contributed by atoms with Gasteiger partial charge in [0.25, 0.3) is 0 Å². The lowest BCUT2D eigenvalue weighted by Crippen LogP contribution is -2.23. The minimum absolute atomic E-state index is 0.0351. The summed E-state index contributed by atoms with van der Waals surface area (Å²) >= 11 is 0. The Morgan fingerprint density at radius 2 is 1.74 bits per heavy atom. The molecule has 0 atom stereocenters. The van der Waals surface area contributed by atoms with Gasteiger partial charge in [0.05, 0.1) is 11.5 Å². The predicted molar refractivity (Wildman–Crippen MR) is 115 cm³/mol. The number of nitrogens with zero attached hydrogens (tertiary/aromatic N) is 1. The van der Waals surface area contributed by atoms with Gasteiger partial charge >= 0.3 is 0 Å². The zero-order valence-corrected chi connectivity index (χ0v) is 18.1. The number of benzene rings is 2. The molecule has 1 aromatic heterocycles. The lowest BCUT2D eigenvalue weighted by molar-refractivity contribution is 0.340. The molecule has 0 radical (unpaired) electrons. The first-order valence-electron chi connectivity index (χ1n) is 10.5. The van der Waals surface area contributed by atoms with E-state index in [9.17, 15) is 12.8 Å². The van der Waals surface area contributed by atoms with Gasteiger partial charge in [0.15, 0.2) is 0 Å². The quantitative estimate of drug-likeness (QED) is 0.488. The number of ether oxygens (including phenoxy) is 1. The number of aromatic nitrogens is 1. The van der Waals surface area contributed by atoms with Crippen molar-refractivity contribution < 1.29 is 22.0 Å². The number of sulfone groups is 1. The van der Waals surface area contributed by atoms with Crippen LogP contribution in [0.25, 0.3) is 11.5 Å². The molecule has 0 spiro atoms. The first-order chi connectivity index (χ1) is 15.0. The van der Waals surface area contributed by atoms with Gasteiger partial charge in [-0.1, -0.05) is 19.3 Å². The van der Waals surface area contributed by atoms with Crippen LogP contribution in [0, 0.1) is 5.82 Å². The monoisotopic (exact) mass is 444 g/mol. The molecule has 31 heavy (non-hydrogen) atoms. The molecule has 164 valence electrons. The number of oxazole rings is 1. The molecule has 1 heterocycles. The Labute approximate surface area is 181 Å². The second-order valence-electron chi connectivity index (χ2n) is 7.55. The maximum atomic E-state index is 13.3. The topological polar surface area (TPSA) is 81.4 Å². The highest BCUT2D eigenvalue weighted by atomic mass is 32.2. The minimum atomic E-state index is -4.00. The summed E-state index contributed by atoms with van der Waals surface area (Å²) in [6, 6.07) is 11.9. The summed E-state index contributed by atoms with van der Waals surface area (Å²) in [6.07, 6.45) is 5.21. The molecular weight excluding hydrogens is 419 g/mol. The second kappa shape index (κ2) is 9.09. The molecule has 0 amide bonds. The maximum absolute atomic E-state index is 13.3. The molecular formula is C23H25FN2O4S. The zero-order chi connectivity index (χ0) is 21.8. The van der Waals surface area contributed by atoms with Gasteiger partial charge in [0.2, 0.25) is 26.6 Å². The molecule has 0 saturated heterocycles. The van der Waals surface area contributed by atoms with Crippen molar-refractivity contribution >= 4 is 15.7 Å². The number of halogens is 1. The predicted octanol–water partition coefficient (Wildman–Crippen LogP) is 5.46. The van der Waals surface area contributed by atoms with Gasteiger partial charge in [-0.05, 0) is 68.3 Å². The fraction of sp³-hybridized carbons (Fsp3) is 0.348. The Morgan fingerprint density at radius 1 is 1.06 bits per heavy atom. The van der Waals surface area contributed by atoms with Crippen LogP contribution >= 0.6 is 0 Å². The molecule has 4 rings (SSSR count). The van der Waals surface area contributed by atoms with Crippen molar-refractivity contribution in [2.75, 3.05) is 11.9 Å². The molecule has 0 unspecified atom stereocenters. The standard InChI is InChI=1S/C23H25FN2O4S/c1-2-29-19-12-8-16(9-13-19)21-26-23(22(30-21)25-18-6-4-3-5-7-18)31(27,28)20-14-10-17(24)11-15-20/h8-15,18,25H,2-7H2,1H3. The summed E-state index contributed by atoms with van der Waals surface area (Å²) in [4.78, 5) is 4.31. The first kappa shape index (κ1) is 21.4. The van der Waals surface area contributed by atoms with E-state index in [1.807, 2.05) is 6.92 Å². The zero-order valence-electron chi connectivity index (χ0n) is 17.3. The Morgan fingerprint density at radius 3 is 2.39 bits per heavy atom. The SMILES string of the molecule is CCOc1ccc(-c2nc(S(=O)(=O)c3ccc(F)cc3)c(NC3CCCCC3)o2)cc1. The van der Waals surface area contributed by atoms with E-state index < -0.39 is 15.7 Å². The minimum Gasteiger partial charge on any atom is -0.494 e. The number of hydrogen-bond donors (Lipinski definition) is 1. The normalized spacial score (nSPS) is 15.0. The van der Waals surface area contributed by atoms with Crippen LogP contribution in [0.5, 0.6) is 5.75 Å². The van der Waals surface area contributed by atoms with Crippen LogP contribution in [0.4, 0.5) is 10.3 Å². The highest BCUT2D eigenvalue weighted by Gasteiger charge is 2.30. The van der Waals surface area contributed by atoms with E-state index in [-0.39, 0.29) is 27.7 Å². The fourth-order valence-electron chi connectivity index (χ4n) is 3.72. The average molecular weight is 445 g/mol. The van der Waals surface area contributed by atoms with Crippen LogP contribution in [-0.2, 0) is 9.84 Å². The van der Waals surface area contributed by atoms with Crippen LogP contribution < -0.4 is 10.1 Å². The molecule has 2 aromatic carbocycles. The van der Waals surface area contributed by atoms with Crippen LogP contribution in [0.2, 0.25) is 0 Å². The smallest absolute Gasteiger partial charge is 0.234 e. The molecule has 1 N–H and O–H groups in total. The van der Waals surface area contributed by atoms with Gasteiger partial charge in [-0.3, -0.25) is 0 Å². The summed E-state index contributed by atoms with van der Waals surface area (Å²) in [7, 11) is -4.00. The van der Waals surface area contributed by atoms with E-state index in [1.165, 1.54) is 18.6 Å². The summed E-state index contributed by atoms with van der Waals surface area (Å²) in [5.74, 6) is 0.523. The van der Waals surface area contributed by atoms with Crippen molar-refractivity contribution in [2.45, 2.75) is 55.0 Å². The average Bonchev–Trinajstić information content (AvgIpc) is 3.20. The molecule has 3 aromatic rings. The Bertz CT molecular complexity index is 1120.